The van der Waals surface area contributed by atoms with Crippen molar-refractivity contribution in [2.45, 2.75) is 39.7 Å². The summed E-state index contributed by atoms with van der Waals surface area (Å²) in [6.07, 6.45) is 2.09. The topological polar surface area (TPSA) is 99.0 Å². The first-order valence-corrected chi connectivity index (χ1v) is 11.1. The number of nitro benzene ring substituents is 1. The molecule has 2 aliphatic rings. The van der Waals surface area contributed by atoms with E-state index in [1.54, 1.807) is 11.0 Å². The maximum Gasteiger partial charge on any atom is 0.270 e. The summed E-state index contributed by atoms with van der Waals surface area (Å²) in [6.45, 7) is 10.3. The number of anilines is 1. The van der Waals surface area contributed by atoms with Crippen LogP contribution in [0.2, 0.25) is 0 Å². The van der Waals surface area contributed by atoms with E-state index in [2.05, 4.69) is 17.1 Å². The summed E-state index contributed by atoms with van der Waals surface area (Å²) in [7, 11) is 0. The number of nitrogens with one attached hydrogen (secondary N) is 1. The Morgan fingerprint density at radius 3 is 2.35 bits per heavy atom. The minimum Gasteiger partial charge on any atom is -0.371 e. The molecule has 0 atom stereocenters. The van der Waals surface area contributed by atoms with E-state index in [0.717, 1.165) is 31.6 Å². The van der Waals surface area contributed by atoms with Gasteiger partial charge >= 0.3 is 0 Å². The zero-order valence-corrected chi connectivity index (χ0v) is 18.7. The van der Waals surface area contributed by atoms with Gasteiger partial charge in [0.2, 0.25) is 5.91 Å². The number of nitro groups is 1. The van der Waals surface area contributed by atoms with E-state index < -0.39 is 4.92 Å². The van der Waals surface area contributed by atoms with Crippen LogP contribution in [0.5, 0.6) is 0 Å². The van der Waals surface area contributed by atoms with Crippen molar-refractivity contribution in [3.05, 3.63) is 33.9 Å². The largest absolute Gasteiger partial charge is 0.371 e. The number of piperazine rings is 1. The fraction of sp³-hybridized carbons (Fsp3) is 0.636. The Morgan fingerprint density at radius 2 is 1.77 bits per heavy atom. The molecule has 1 N–H and O–H groups in total. The molecule has 0 radical (unpaired) electrons. The lowest BCUT2D eigenvalue weighted by atomic mass is 9.97. The smallest absolute Gasteiger partial charge is 0.270 e. The SMILES string of the molecule is CC1CCN(c2ccc([N+](=O)[O-])cc2C(=O)N2CCN(CC(=O)NC(C)C)CC2)CC1. The van der Waals surface area contributed by atoms with Crippen molar-refractivity contribution in [3.63, 3.8) is 0 Å². The van der Waals surface area contributed by atoms with Crippen LogP contribution in [0.25, 0.3) is 0 Å². The summed E-state index contributed by atoms with van der Waals surface area (Å²) < 4.78 is 0. The lowest BCUT2D eigenvalue weighted by Gasteiger charge is -2.36. The number of rotatable bonds is 6. The summed E-state index contributed by atoms with van der Waals surface area (Å²) in [5.41, 5.74) is 1.11. The number of amides is 2. The van der Waals surface area contributed by atoms with E-state index in [1.807, 2.05) is 18.7 Å². The van der Waals surface area contributed by atoms with Crippen LogP contribution in [-0.2, 0) is 4.79 Å². The first-order valence-electron chi connectivity index (χ1n) is 11.1. The molecule has 31 heavy (non-hydrogen) atoms. The Kier molecular flexibility index (Phi) is 7.48. The van der Waals surface area contributed by atoms with Crippen molar-refractivity contribution in [2.75, 3.05) is 50.7 Å². The molecule has 9 nitrogen and oxygen atoms in total. The number of benzene rings is 1. The number of hydrogen-bond donors (Lipinski definition) is 1. The van der Waals surface area contributed by atoms with Crippen molar-refractivity contribution in [1.29, 1.82) is 0 Å². The fourth-order valence-electron chi connectivity index (χ4n) is 4.18. The monoisotopic (exact) mass is 431 g/mol. The summed E-state index contributed by atoms with van der Waals surface area (Å²) in [5.74, 6) is 0.452. The quantitative estimate of drug-likeness (QED) is 0.547. The van der Waals surface area contributed by atoms with Crippen LogP contribution in [0.1, 0.15) is 44.0 Å². The molecule has 0 saturated carbocycles. The molecule has 0 spiro atoms. The molecule has 2 saturated heterocycles. The molecule has 1 aromatic rings. The highest BCUT2D eigenvalue weighted by atomic mass is 16.6. The predicted octanol–water partition coefficient (Wildman–Crippen LogP) is 2.11. The van der Waals surface area contributed by atoms with Gasteiger partial charge in [-0.05, 0) is 38.7 Å². The molecule has 2 heterocycles. The molecule has 2 aliphatic heterocycles. The van der Waals surface area contributed by atoms with Gasteiger partial charge in [-0.15, -0.1) is 0 Å². The van der Waals surface area contributed by atoms with E-state index in [0.29, 0.717) is 44.2 Å². The van der Waals surface area contributed by atoms with Gasteiger partial charge in [0.05, 0.1) is 22.7 Å². The first-order chi connectivity index (χ1) is 14.7. The molecule has 1 aromatic carbocycles. The second-order valence-corrected chi connectivity index (χ2v) is 8.92. The first kappa shape index (κ1) is 23.0. The van der Waals surface area contributed by atoms with Crippen LogP contribution in [0.15, 0.2) is 18.2 Å². The van der Waals surface area contributed by atoms with Gasteiger partial charge in [-0.25, -0.2) is 0 Å². The maximum absolute atomic E-state index is 13.4. The van der Waals surface area contributed by atoms with Crippen LogP contribution in [-0.4, -0.2) is 78.4 Å². The molecule has 0 unspecified atom stereocenters. The molecule has 2 amide bonds. The third-order valence-corrected chi connectivity index (χ3v) is 6.02. The molecule has 0 aromatic heterocycles. The molecule has 0 aliphatic carbocycles. The highest BCUT2D eigenvalue weighted by molar-refractivity contribution is 6.00. The van der Waals surface area contributed by atoms with Crippen molar-refractivity contribution in [1.82, 2.24) is 15.1 Å². The van der Waals surface area contributed by atoms with Crippen molar-refractivity contribution in [3.8, 4) is 0 Å². The third-order valence-electron chi connectivity index (χ3n) is 6.02. The molecule has 170 valence electrons. The average molecular weight is 432 g/mol. The molecule has 9 heteroatoms. The molecule has 3 rings (SSSR count). The summed E-state index contributed by atoms with van der Waals surface area (Å²) >= 11 is 0. The van der Waals surface area contributed by atoms with Crippen molar-refractivity contribution >= 4 is 23.2 Å². The van der Waals surface area contributed by atoms with E-state index in [1.165, 1.54) is 12.1 Å². The Hall–Kier alpha value is -2.68. The van der Waals surface area contributed by atoms with E-state index >= 15 is 0 Å². The fourth-order valence-corrected chi connectivity index (χ4v) is 4.18. The van der Waals surface area contributed by atoms with Gasteiger partial charge in [-0.1, -0.05) is 6.92 Å². The van der Waals surface area contributed by atoms with Gasteiger partial charge in [0.15, 0.2) is 0 Å². The minimum atomic E-state index is -0.454. The number of non-ortho nitro benzene ring substituents is 1. The minimum absolute atomic E-state index is 0.0185. The molecule has 0 bridgehead atoms. The van der Waals surface area contributed by atoms with E-state index in [4.69, 9.17) is 0 Å². The predicted molar refractivity (Wildman–Crippen MR) is 119 cm³/mol. The molecule has 2 fully saturated rings. The Morgan fingerprint density at radius 1 is 1.13 bits per heavy atom. The van der Waals surface area contributed by atoms with E-state index in [9.17, 15) is 19.7 Å². The van der Waals surface area contributed by atoms with Gasteiger partial charge in [0.25, 0.3) is 11.6 Å². The average Bonchev–Trinajstić information content (AvgIpc) is 2.73. The van der Waals surface area contributed by atoms with Crippen LogP contribution in [0, 0.1) is 16.0 Å². The van der Waals surface area contributed by atoms with Gasteiger partial charge in [-0.3, -0.25) is 24.6 Å². The standard InChI is InChI=1S/C22H33N5O4/c1-16(2)23-21(28)15-24-10-12-26(13-11-24)22(29)19-14-18(27(30)31)4-5-20(19)25-8-6-17(3)7-9-25/h4-5,14,16-17H,6-13,15H2,1-3H3,(H,23,28). The number of hydrogen-bond acceptors (Lipinski definition) is 6. The highest BCUT2D eigenvalue weighted by Crippen LogP contribution is 2.30. The third kappa shape index (κ3) is 5.94. The summed E-state index contributed by atoms with van der Waals surface area (Å²) in [4.78, 5) is 42.2. The van der Waals surface area contributed by atoms with Gasteiger partial charge < -0.3 is 15.1 Å². The van der Waals surface area contributed by atoms with Crippen LogP contribution in [0.4, 0.5) is 11.4 Å². The zero-order chi connectivity index (χ0) is 22.5. The number of piperidine rings is 1. The second kappa shape index (κ2) is 10.1. The summed E-state index contributed by atoms with van der Waals surface area (Å²) in [5, 5.41) is 14.2. The Balaban J connectivity index is 1.71. The van der Waals surface area contributed by atoms with Crippen LogP contribution < -0.4 is 10.2 Å². The number of nitrogens with zero attached hydrogens (tertiary/aromatic N) is 4. The lowest BCUT2D eigenvalue weighted by Crippen LogP contribution is -2.51. The molecular formula is C22H33N5O4. The van der Waals surface area contributed by atoms with Crippen molar-refractivity contribution in [2.24, 2.45) is 5.92 Å². The zero-order valence-electron chi connectivity index (χ0n) is 18.7. The number of carbonyl (C=O) groups is 2. The second-order valence-electron chi connectivity index (χ2n) is 8.92. The van der Waals surface area contributed by atoms with Crippen molar-refractivity contribution < 1.29 is 14.5 Å². The summed E-state index contributed by atoms with van der Waals surface area (Å²) in [6, 6.07) is 4.71. The maximum atomic E-state index is 13.4. The Labute approximate surface area is 183 Å². The van der Waals surface area contributed by atoms with Gasteiger partial charge in [0, 0.05) is 57.4 Å². The highest BCUT2D eigenvalue weighted by Gasteiger charge is 2.28. The number of carbonyl (C=O) groups excluding carboxylic acids is 2. The van der Waals surface area contributed by atoms with E-state index in [-0.39, 0.29) is 23.5 Å². The normalized spacial score (nSPS) is 18.3. The van der Waals surface area contributed by atoms with Crippen LogP contribution >= 0.6 is 0 Å². The van der Waals surface area contributed by atoms with Gasteiger partial charge in [-0.2, -0.15) is 0 Å². The Bertz CT molecular complexity index is 812. The van der Waals surface area contributed by atoms with Gasteiger partial charge in [0.1, 0.15) is 0 Å². The van der Waals surface area contributed by atoms with Crippen LogP contribution in [0.3, 0.4) is 0 Å². The molecular weight excluding hydrogens is 398 g/mol. The lowest BCUT2D eigenvalue weighted by molar-refractivity contribution is -0.384.